The molecule has 2 aromatic carbocycles. The first-order valence-electron chi connectivity index (χ1n) is 10.2. The highest BCUT2D eigenvalue weighted by Gasteiger charge is 2.16. The fraction of sp³-hybridized carbons (Fsp3) is 0.190. The lowest BCUT2D eigenvalue weighted by Gasteiger charge is -2.00. The van der Waals surface area contributed by atoms with E-state index in [9.17, 15) is 13.9 Å². The van der Waals surface area contributed by atoms with E-state index in [0.29, 0.717) is 5.56 Å². The van der Waals surface area contributed by atoms with E-state index in [1.54, 1.807) is 12.1 Å². The summed E-state index contributed by atoms with van der Waals surface area (Å²) in [6.45, 7) is -0.594. The number of rotatable bonds is 0. The highest BCUT2D eigenvalue weighted by Crippen LogP contribution is 2.32. The molecule has 140 valence electrons. The standard InChI is InChI=1S/2C10H9FO.CH3.BH4/c2*1-6-4-7-2-3-9(12)10(11)8(7)5-6;;/h2*2-3,5,12H,4H2,1H3;1H3;1H4/q;;2*-1/i1D3,2D,3D,5D;;;. The van der Waals surface area contributed by atoms with E-state index >= 15 is 0 Å². The molecule has 0 saturated heterocycles. The van der Waals surface area contributed by atoms with Gasteiger partial charge < -0.3 is 17.6 Å². The number of allylic oxidation sites excluding steroid dienone is 2. The maximum Gasteiger partial charge on any atom is 0.172 e. The van der Waals surface area contributed by atoms with Gasteiger partial charge in [-0.25, -0.2) is 8.78 Å². The summed E-state index contributed by atoms with van der Waals surface area (Å²) >= 11 is 0. The lowest BCUT2D eigenvalue weighted by molar-refractivity contribution is 0.431. The van der Waals surface area contributed by atoms with Crippen molar-refractivity contribution in [2.75, 3.05) is 0 Å². The molecule has 0 aromatic heterocycles. The van der Waals surface area contributed by atoms with E-state index in [2.05, 4.69) is 0 Å². The van der Waals surface area contributed by atoms with Crippen LogP contribution in [0.4, 0.5) is 8.78 Å². The molecule has 0 spiro atoms. The molecule has 0 unspecified atom stereocenters. The Kier molecular flexibility index (Phi) is 4.30. The quantitative estimate of drug-likeness (QED) is 0.548. The van der Waals surface area contributed by atoms with Crippen LogP contribution in [0.15, 0.2) is 35.4 Å². The zero-order valence-corrected chi connectivity index (χ0v) is 13.8. The summed E-state index contributed by atoms with van der Waals surface area (Å²) in [6, 6.07) is 1.52. The van der Waals surface area contributed by atoms with Gasteiger partial charge in [-0.05, 0) is 49.9 Å². The van der Waals surface area contributed by atoms with Gasteiger partial charge in [-0.3, -0.25) is 0 Å². The Balaban J connectivity index is 0.000000321. The van der Waals surface area contributed by atoms with Gasteiger partial charge in [-0.1, -0.05) is 43.8 Å². The average molecular weight is 364 g/mol. The molecule has 0 fully saturated rings. The summed E-state index contributed by atoms with van der Waals surface area (Å²) in [5, 5.41) is 18.4. The van der Waals surface area contributed by atoms with E-state index in [1.807, 2.05) is 6.92 Å². The number of benzene rings is 2. The number of halogens is 2. The van der Waals surface area contributed by atoms with Gasteiger partial charge in [0, 0.05) is 15.2 Å². The summed E-state index contributed by atoms with van der Waals surface area (Å²) < 4.78 is 71.3. The first-order chi connectivity index (χ1) is 13.8. The second-order valence-corrected chi connectivity index (χ2v) is 5.69. The smallest absolute Gasteiger partial charge is 0.172 e. The number of hydrogen-bond acceptors (Lipinski definition) is 2. The summed E-state index contributed by atoms with van der Waals surface area (Å²) in [7, 11) is 0. The van der Waals surface area contributed by atoms with E-state index in [4.69, 9.17) is 13.3 Å². The fourth-order valence-corrected chi connectivity index (χ4v) is 2.67. The van der Waals surface area contributed by atoms with Gasteiger partial charge in [0.15, 0.2) is 23.1 Å². The number of phenolic OH excluding ortho intramolecular Hbond substituents is 2. The maximum atomic E-state index is 13.8. The van der Waals surface area contributed by atoms with Crippen molar-refractivity contribution in [3.05, 3.63) is 76.7 Å². The van der Waals surface area contributed by atoms with Crippen LogP contribution < -0.4 is 0 Å². The van der Waals surface area contributed by atoms with Crippen molar-refractivity contribution in [2.24, 2.45) is 0 Å². The van der Waals surface area contributed by atoms with Crippen LogP contribution in [0.2, 0.25) is 0 Å². The van der Waals surface area contributed by atoms with E-state index in [1.165, 1.54) is 6.07 Å². The summed E-state index contributed by atoms with van der Waals surface area (Å²) in [5.74, 6) is -2.98. The minimum atomic E-state index is -2.55. The minimum absolute atomic E-state index is 0. The Morgan fingerprint density at radius 2 is 1.62 bits per heavy atom. The van der Waals surface area contributed by atoms with Gasteiger partial charge in [-0.2, -0.15) is 0 Å². The van der Waals surface area contributed by atoms with Gasteiger partial charge in [0.25, 0.3) is 0 Å². The van der Waals surface area contributed by atoms with Gasteiger partial charge >= 0.3 is 0 Å². The van der Waals surface area contributed by atoms with Crippen molar-refractivity contribution in [1.82, 2.24) is 0 Å². The topological polar surface area (TPSA) is 40.5 Å². The van der Waals surface area contributed by atoms with Crippen LogP contribution in [-0.4, -0.2) is 18.6 Å². The Bertz CT molecular complexity index is 1130. The third-order valence-corrected chi connectivity index (χ3v) is 3.80. The predicted octanol–water partition coefficient (Wildman–Crippen LogP) is 3.98. The molecule has 26 heavy (non-hydrogen) atoms. The zero-order chi connectivity index (χ0) is 22.5. The van der Waals surface area contributed by atoms with Gasteiger partial charge in [-0.15, -0.1) is 0 Å². The molecule has 4 rings (SSSR count). The lowest BCUT2D eigenvalue weighted by Crippen LogP contribution is -1.87. The van der Waals surface area contributed by atoms with Crippen molar-refractivity contribution in [2.45, 2.75) is 26.6 Å². The normalized spacial score (nSPS) is 17.4. The molecule has 2 aliphatic carbocycles. The van der Waals surface area contributed by atoms with Gasteiger partial charge in [0.2, 0.25) is 0 Å². The highest BCUT2D eigenvalue weighted by atomic mass is 19.1. The Morgan fingerprint density at radius 1 is 0.962 bits per heavy atom. The Morgan fingerprint density at radius 3 is 2.31 bits per heavy atom. The van der Waals surface area contributed by atoms with Gasteiger partial charge in [0.05, 0.1) is 4.11 Å². The molecular formula is C21H25BF2O2-2. The van der Waals surface area contributed by atoms with Crippen LogP contribution in [0, 0.1) is 19.1 Å². The summed E-state index contributed by atoms with van der Waals surface area (Å²) in [6.07, 6.45) is 2.32. The SMILES string of the molecule is CC1=Cc2c(ccc(O)c2F)C1.[2H]C1=C(C([2H])([2H])[2H])Cc2c([2H])c([2H])c(O)c(F)c21.[BH4-].[CH3-]. The Labute approximate surface area is 163 Å². The minimum Gasteiger partial charge on any atom is -0.505 e. The van der Waals surface area contributed by atoms with Crippen LogP contribution in [0.3, 0.4) is 0 Å². The predicted molar refractivity (Wildman–Crippen MR) is 109 cm³/mol. The molecule has 0 aliphatic heterocycles. The largest absolute Gasteiger partial charge is 0.505 e. The average Bonchev–Trinajstić information content (AvgIpc) is 3.22. The van der Waals surface area contributed by atoms with Crippen molar-refractivity contribution >= 4 is 20.5 Å². The number of fused-ring (bicyclic) bond motifs is 2. The third kappa shape index (κ3) is 3.98. The monoisotopic (exact) mass is 364 g/mol. The maximum absolute atomic E-state index is 13.8. The van der Waals surface area contributed by atoms with E-state index in [-0.39, 0.29) is 44.7 Å². The zero-order valence-electron chi connectivity index (χ0n) is 19.8. The molecule has 0 heterocycles. The van der Waals surface area contributed by atoms with Crippen LogP contribution >= 0.6 is 0 Å². The summed E-state index contributed by atoms with van der Waals surface area (Å²) in [5.41, 5.74) is 1.98. The van der Waals surface area contributed by atoms with Crippen LogP contribution in [0.5, 0.6) is 11.5 Å². The molecule has 0 amide bonds. The van der Waals surface area contributed by atoms with Crippen LogP contribution in [-0.2, 0) is 12.8 Å². The van der Waals surface area contributed by atoms with Crippen molar-refractivity contribution in [3.8, 4) is 11.5 Å². The van der Waals surface area contributed by atoms with Crippen LogP contribution in [0.1, 0.15) is 44.3 Å². The molecular weight excluding hydrogens is 333 g/mol. The van der Waals surface area contributed by atoms with Crippen molar-refractivity contribution < 1.29 is 27.2 Å². The molecule has 2 nitrogen and oxygen atoms in total. The number of aromatic hydroxyl groups is 2. The fourth-order valence-electron chi connectivity index (χ4n) is 2.67. The first-order valence-corrected chi connectivity index (χ1v) is 7.23. The molecule has 0 saturated carbocycles. The van der Waals surface area contributed by atoms with Gasteiger partial charge in [0.1, 0.15) is 0 Å². The molecule has 2 aliphatic rings. The highest BCUT2D eigenvalue weighted by molar-refractivity contribution is 5.75. The molecule has 5 heteroatoms. The van der Waals surface area contributed by atoms with E-state index in [0.717, 1.165) is 17.6 Å². The molecule has 0 radical (unpaired) electrons. The van der Waals surface area contributed by atoms with Crippen molar-refractivity contribution in [1.29, 1.82) is 0 Å². The third-order valence-electron chi connectivity index (χ3n) is 3.80. The molecule has 2 N–H and O–H groups in total. The first kappa shape index (κ1) is 13.6. The van der Waals surface area contributed by atoms with Crippen molar-refractivity contribution in [3.63, 3.8) is 0 Å². The lowest BCUT2D eigenvalue weighted by atomic mass is 10.1. The van der Waals surface area contributed by atoms with Crippen LogP contribution in [0.25, 0.3) is 12.1 Å². The van der Waals surface area contributed by atoms with E-state index < -0.39 is 42.4 Å². The second kappa shape index (κ2) is 8.22. The molecule has 0 atom stereocenters. The number of hydrogen-bond donors (Lipinski definition) is 2. The molecule has 0 bridgehead atoms. The number of phenols is 2. The summed E-state index contributed by atoms with van der Waals surface area (Å²) in [4.78, 5) is 0. The second-order valence-electron chi connectivity index (χ2n) is 5.69. The molecule has 2 aromatic rings. The Hall–Kier alpha value is -2.56.